The highest BCUT2D eigenvalue weighted by atomic mass is 35.5. The van der Waals surface area contributed by atoms with Crippen LogP contribution in [-0.2, 0) is 0 Å². The Morgan fingerprint density at radius 3 is 2.70 bits per heavy atom. The molecular formula is C22H22ClN5O2. The van der Waals surface area contributed by atoms with Crippen molar-refractivity contribution in [3.63, 3.8) is 0 Å². The molecule has 154 valence electrons. The van der Waals surface area contributed by atoms with E-state index in [-0.39, 0.29) is 11.3 Å². The second-order valence-corrected chi connectivity index (χ2v) is 8.03. The van der Waals surface area contributed by atoms with Gasteiger partial charge in [0.1, 0.15) is 12.4 Å². The standard InChI is InChI=1S/C22H22ClN5O2/c23-14-4-6-17-18(12-14)24-20(22(29)27-17)21-25-16-7-5-15(13-19(16)26-21)30-11-10-28-8-2-1-3-9-28/h4-7,12-13H,1-3,8-11H2,(H,25,26)(H,27,29). The topological polar surface area (TPSA) is 86.9 Å². The first-order valence-electron chi connectivity index (χ1n) is 10.2. The first-order valence-corrected chi connectivity index (χ1v) is 10.6. The summed E-state index contributed by atoms with van der Waals surface area (Å²) in [4.78, 5) is 30.0. The number of fused-ring (bicyclic) bond motifs is 2. The van der Waals surface area contributed by atoms with Crippen LogP contribution < -0.4 is 10.3 Å². The number of benzene rings is 2. The Balaban J connectivity index is 1.38. The number of likely N-dealkylation sites (tertiary alicyclic amines) is 1. The van der Waals surface area contributed by atoms with Crippen LogP contribution in [0.2, 0.25) is 5.02 Å². The molecule has 3 heterocycles. The SMILES string of the molecule is O=c1[nH]c2ccc(Cl)cc2nc1-c1nc2ccc(OCCN3CCCCC3)cc2[nH]1. The molecule has 2 aromatic heterocycles. The van der Waals surface area contributed by atoms with Crippen molar-refractivity contribution in [1.82, 2.24) is 24.8 Å². The number of halogens is 1. The van der Waals surface area contributed by atoms with Crippen molar-refractivity contribution in [1.29, 1.82) is 0 Å². The van der Waals surface area contributed by atoms with Crippen LogP contribution in [0, 0.1) is 0 Å². The lowest BCUT2D eigenvalue weighted by Crippen LogP contribution is -2.33. The molecular weight excluding hydrogens is 402 g/mol. The van der Waals surface area contributed by atoms with E-state index in [0.717, 1.165) is 36.4 Å². The first-order chi connectivity index (χ1) is 14.7. The number of hydrogen-bond acceptors (Lipinski definition) is 5. The minimum atomic E-state index is -0.304. The molecule has 1 aliphatic rings. The van der Waals surface area contributed by atoms with E-state index in [1.54, 1.807) is 18.2 Å². The molecule has 1 saturated heterocycles. The van der Waals surface area contributed by atoms with Crippen LogP contribution in [0.3, 0.4) is 0 Å². The predicted octanol–water partition coefficient (Wildman–Crippen LogP) is 3.98. The fraction of sp³-hybridized carbons (Fsp3) is 0.318. The third-order valence-electron chi connectivity index (χ3n) is 5.46. The number of rotatable bonds is 5. The Hall–Kier alpha value is -2.90. The van der Waals surface area contributed by atoms with Crippen molar-refractivity contribution in [2.45, 2.75) is 19.3 Å². The van der Waals surface area contributed by atoms with Gasteiger partial charge in [-0.1, -0.05) is 18.0 Å². The van der Waals surface area contributed by atoms with E-state index in [1.165, 1.54) is 19.3 Å². The normalized spacial score (nSPS) is 15.1. The van der Waals surface area contributed by atoms with Crippen LogP contribution in [0.15, 0.2) is 41.2 Å². The van der Waals surface area contributed by atoms with Gasteiger partial charge in [0.05, 0.1) is 22.1 Å². The molecule has 8 heteroatoms. The lowest BCUT2D eigenvalue weighted by molar-refractivity contribution is 0.183. The third-order valence-corrected chi connectivity index (χ3v) is 5.69. The Morgan fingerprint density at radius 2 is 1.83 bits per heavy atom. The molecule has 30 heavy (non-hydrogen) atoms. The third kappa shape index (κ3) is 3.91. The number of aromatic amines is 2. The summed E-state index contributed by atoms with van der Waals surface area (Å²) in [6, 6.07) is 10.9. The molecule has 5 rings (SSSR count). The molecule has 0 bridgehead atoms. The zero-order valence-corrected chi connectivity index (χ0v) is 17.2. The van der Waals surface area contributed by atoms with Gasteiger partial charge >= 0.3 is 0 Å². The number of piperidine rings is 1. The largest absolute Gasteiger partial charge is 0.492 e. The highest BCUT2D eigenvalue weighted by Gasteiger charge is 2.14. The van der Waals surface area contributed by atoms with Gasteiger partial charge in [-0.25, -0.2) is 9.97 Å². The summed E-state index contributed by atoms with van der Waals surface area (Å²) in [5.74, 6) is 1.19. The minimum absolute atomic E-state index is 0.230. The molecule has 0 amide bonds. The lowest BCUT2D eigenvalue weighted by atomic mass is 10.1. The summed E-state index contributed by atoms with van der Waals surface area (Å²) >= 11 is 6.06. The molecule has 0 saturated carbocycles. The number of imidazole rings is 1. The van der Waals surface area contributed by atoms with Crippen LogP contribution in [0.5, 0.6) is 5.75 Å². The molecule has 1 aliphatic heterocycles. The zero-order chi connectivity index (χ0) is 20.5. The van der Waals surface area contributed by atoms with Crippen molar-refractivity contribution < 1.29 is 4.74 Å². The molecule has 4 aromatic rings. The molecule has 2 N–H and O–H groups in total. The van der Waals surface area contributed by atoms with Gasteiger partial charge in [0.2, 0.25) is 0 Å². The maximum Gasteiger partial charge on any atom is 0.278 e. The molecule has 0 unspecified atom stereocenters. The van der Waals surface area contributed by atoms with E-state index in [2.05, 4.69) is 24.8 Å². The van der Waals surface area contributed by atoms with Crippen molar-refractivity contribution >= 4 is 33.7 Å². The monoisotopic (exact) mass is 423 g/mol. The van der Waals surface area contributed by atoms with Gasteiger partial charge in [-0.15, -0.1) is 0 Å². The van der Waals surface area contributed by atoms with Crippen LogP contribution in [-0.4, -0.2) is 51.1 Å². The summed E-state index contributed by atoms with van der Waals surface area (Å²) in [5.41, 5.74) is 2.72. The first kappa shape index (κ1) is 19.1. The van der Waals surface area contributed by atoms with Gasteiger partial charge in [-0.2, -0.15) is 0 Å². The maximum atomic E-state index is 12.5. The molecule has 0 aliphatic carbocycles. The zero-order valence-electron chi connectivity index (χ0n) is 16.4. The van der Waals surface area contributed by atoms with E-state index in [1.807, 2.05) is 18.2 Å². The Morgan fingerprint density at radius 1 is 0.967 bits per heavy atom. The molecule has 0 spiro atoms. The average Bonchev–Trinajstić information content (AvgIpc) is 3.17. The second kappa shape index (κ2) is 8.08. The summed E-state index contributed by atoms with van der Waals surface area (Å²) < 4.78 is 5.94. The molecule has 1 fully saturated rings. The quantitative estimate of drug-likeness (QED) is 0.507. The Kier molecular flexibility index (Phi) is 5.14. The number of hydrogen-bond donors (Lipinski definition) is 2. The van der Waals surface area contributed by atoms with Gasteiger partial charge in [0, 0.05) is 17.6 Å². The van der Waals surface area contributed by atoms with E-state index >= 15 is 0 Å². The number of nitrogens with zero attached hydrogens (tertiary/aromatic N) is 3. The molecule has 7 nitrogen and oxygen atoms in total. The van der Waals surface area contributed by atoms with Crippen LogP contribution in [0.1, 0.15) is 19.3 Å². The van der Waals surface area contributed by atoms with Crippen molar-refractivity contribution in [3.8, 4) is 17.3 Å². The smallest absolute Gasteiger partial charge is 0.278 e. The van der Waals surface area contributed by atoms with E-state index in [4.69, 9.17) is 16.3 Å². The number of ether oxygens (including phenoxy) is 1. The average molecular weight is 424 g/mol. The van der Waals surface area contributed by atoms with Crippen LogP contribution in [0.25, 0.3) is 33.6 Å². The summed E-state index contributed by atoms with van der Waals surface area (Å²) in [7, 11) is 0. The van der Waals surface area contributed by atoms with Gasteiger partial charge in [-0.05, 0) is 56.3 Å². The summed E-state index contributed by atoms with van der Waals surface area (Å²) in [5, 5.41) is 0.559. The van der Waals surface area contributed by atoms with Gasteiger partial charge in [0.15, 0.2) is 11.5 Å². The summed E-state index contributed by atoms with van der Waals surface area (Å²) in [6.45, 7) is 3.90. The Labute approximate surface area is 178 Å². The maximum absolute atomic E-state index is 12.5. The molecule has 0 radical (unpaired) electrons. The van der Waals surface area contributed by atoms with Gasteiger partial charge in [0.25, 0.3) is 5.56 Å². The van der Waals surface area contributed by atoms with Crippen LogP contribution >= 0.6 is 11.6 Å². The number of aromatic nitrogens is 4. The number of H-pyrrole nitrogens is 2. The van der Waals surface area contributed by atoms with Crippen molar-refractivity contribution in [3.05, 3.63) is 51.8 Å². The summed E-state index contributed by atoms with van der Waals surface area (Å²) in [6.07, 6.45) is 3.88. The van der Waals surface area contributed by atoms with Gasteiger partial charge in [-0.3, -0.25) is 9.69 Å². The van der Waals surface area contributed by atoms with Crippen molar-refractivity contribution in [2.24, 2.45) is 0 Å². The highest BCUT2D eigenvalue weighted by Crippen LogP contribution is 2.23. The lowest BCUT2D eigenvalue weighted by Gasteiger charge is -2.26. The van der Waals surface area contributed by atoms with E-state index in [0.29, 0.717) is 28.5 Å². The van der Waals surface area contributed by atoms with Crippen molar-refractivity contribution in [2.75, 3.05) is 26.2 Å². The van der Waals surface area contributed by atoms with E-state index < -0.39 is 0 Å². The second-order valence-electron chi connectivity index (χ2n) is 7.59. The highest BCUT2D eigenvalue weighted by molar-refractivity contribution is 6.31. The molecule has 2 aromatic carbocycles. The van der Waals surface area contributed by atoms with E-state index in [9.17, 15) is 4.79 Å². The molecule has 0 atom stereocenters. The van der Waals surface area contributed by atoms with Gasteiger partial charge < -0.3 is 14.7 Å². The predicted molar refractivity (Wildman–Crippen MR) is 118 cm³/mol. The Bertz CT molecular complexity index is 1260. The fourth-order valence-corrected chi connectivity index (χ4v) is 4.05. The minimum Gasteiger partial charge on any atom is -0.492 e. The van der Waals surface area contributed by atoms with Crippen LogP contribution in [0.4, 0.5) is 0 Å². The fourth-order valence-electron chi connectivity index (χ4n) is 3.88. The number of nitrogens with one attached hydrogen (secondary N) is 2.